The fourth-order valence-electron chi connectivity index (χ4n) is 6.02. The van der Waals surface area contributed by atoms with Crippen LogP contribution in [0.25, 0.3) is 0 Å². The molecule has 5 heteroatoms. The summed E-state index contributed by atoms with van der Waals surface area (Å²) in [4.78, 5) is 0. The molecule has 160 valence electrons. The van der Waals surface area contributed by atoms with Gasteiger partial charge in [-0.3, -0.25) is 4.31 Å². The molecule has 2 heterocycles. The molecule has 2 unspecified atom stereocenters. The van der Waals surface area contributed by atoms with Crippen LogP contribution in [0, 0.1) is 11.8 Å². The number of piperidine rings is 1. The molecular formula is C24H36N2O2S. The molecule has 1 saturated heterocycles. The van der Waals surface area contributed by atoms with Crippen LogP contribution < -0.4 is 9.62 Å². The van der Waals surface area contributed by atoms with Gasteiger partial charge in [-0.05, 0) is 93.0 Å². The van der Waals surface area contributed by atoms with Crippen molar-refractivity contribution in [3.05, 3.63) is 29.3 Å². The molecule has 29 heavy (non-hydrogen) atoms. The maximum atomic E-state index is 13.2. The molecule has 2 atom stereocenters. The normalized spacial score (nSPS) is 28.5. The van der Waals surface area contributed by atoms with Crippen LogP contribution in [0.4, 0.5) is 5.69 Å². The van der Waals surface area contributed by atoms with Crippen molar-refractivity contribution in [2.24, 2.45) is 11.8 Å². The van der Waals surface area contributed by atoms with Gasteiger partial charge in [0.05, 0.1) is 10.9 Å². The quantitative estimate of drug-likeness (QED) is 0.738. The topological polar surface area (TPSA) is 49.4 Å². The molecule has 0 bridgehead atoms. The predicted molar refractivity (Wildman–Crippen MR) is 119 cm³/mol. The zero-order chi connectivity index (χ0) is 19.8. The van der Waals surface area contributed by atoms with E-state index >= 15 is 0 Å². The standard InChI is InChI=1S/C24H36N2O2S/c27-29(28,22-4-2-1-3-5-22)26-15-12-21-16-19(8-9-24(21)26)23-17-20(23)7-6-18-10-13-25-14-11-18/h8-9,16,18,20,22-23,25H,1-7,10-15,17H2. The van der Waals surface area contributed by atoms with Crippen LogP contribution in [0.15, 0.2) is 18.2 Å². The van der Waals surface area contributed by atoms with E-state index in [9.17, 15) is 8.42 Å². The highest BCUT2D eigenvalue weighted by atomic mass is 32.2. The highest BCUT2D eigenvalue weighted by Gasteiger charge is 2.40. The van der Waals surface area contributed by atoms with Gasteiger partial charge in [0, 0.05) is 6.54 Å². The molecule has 2 aliphatic heterocycles. The van der Waals surface area contributed by atoms with E-state index in [4.69, 9.17) is 0 Å². The molecule has 4 aliphatic rings. The van der Waals surface area contributed by atoms with Gasteiger partial charge >= 0.3 is 0 Å². The first-order valence-electron chi connectivity index (χ1n) is 12.0. The number of nitrogens with zero attached hydrogens (tertiary/aromatic N) is 1. The van der Waals surface area contributed by atoms with Crippen LogP contribution >= 0.6 is 0 Å². The lowest BCUT2D eigenvalue weighted by Crippen LogP contribution is -2.38. The van der Waals surface area contributed by atoms with Gasteiger partial charge in [0.25, 0.3) is 0 Å². The van der Waals surface area contributed by atoms with E-state index in [0.717, 1.165) is 49.6 Å². The Labute approximate surface area is 176 Å². The Kier molecular flexibility index (Phi) is 5.63. The number of benzene rings is 1. The van der Waals surface area contributed by atoms with E-state index < -0.39 is 10.0 Å². The van der Waals surface area contributed by atoms with Gasteiger partial charge in [0.2, 0.25) is 10.0 Å². The van der Waals surface area contributed by atoms with Crippen molar-refractivity contribution >= 4 is 15.7 Å². The second-order valence-electron chi connectivity index (χ2n) is 9.89. The summed E-state index contributed by atoms with van der Waals surface area (Å²) in [6, 6.07) is 6.67. The summed E-state index contributed by atoms with van der Waals surface area (Å²) < 4.78 is 28.1. The van der Waals surface area contributed by atoms with E-state index in [2.05, 4.69) is 23.5 Å². The van der Waals surface area contributed by atoms with Crippen LogP contribution in [0.5, 0.6) is 0 Å². The summed E-state index contributed by atoms with van der Waals surface area (Å²) in [5, 5.41) is 3.30. The number of fused-ring (bicyclic) bond motifs is 1. The molecule has 2 aliphatic carbocycles. The van der Waals surface area contributed by atoms with E-state index in [1.54, 1.807) is 4.31 Å². The van der Waals surface area contributed by atoms with Crippen molar-refractivity contribution in [3.63, 3.8) is 0 Å². The van der Waals surface area contributed by atoms with E-state index in [1.165, 1.54) is 62.7 Å². The summed E-state index contributed by atoms with van der Waals surface area (Å²) >= 11 is 0. The molecule has 1 aromatic rings. The molecule has 0 aromatic heterocycles. The zero-order valence-corrected chi connectivity index (χ0v) is 18.4. The largest absolute Gasteiger partial charge is 0.317 e. The Morgan fingerprint density at radius 1 is 1.00 bits per heavy atom. The number of nitrogens with one attached hydrogen (secondary N) is 1. The van der Waals surface area contributed by atoms with Gasteiger partial charge in [0.1, 0.15) is 0 Å². The summed E-state index contributed by atoms with van der Waals surface area (Å²) in [5.74, 6) is 2.49. The minimum atomic E-state index is -3.20. The summed E-state index contributed by atoms with van der Waals surface area (Å²) in [6.07, 6.45) is 12.6. The molecular weight excluding hydrogens is 380 g/mol. The third-order valence-electron chi connectivity index (χ3n) is 7.99. The molecule has 0 spiro atoms. The molecule has 1 aromatic carbocycles. The van der Waals surface area contributed by atoms with Crippen LogP contribution in [0.2, 0.25) is 0 Å². The van der Waals surface area contributed by atoms with Crippen LogP contribution in [-0.4, -0.2) is 33.3 Å². The lowest BCUT2D eigenvalue weighted by Gasteiger charge is -2.28. The van der Waals surface area contributed by atoms with Crippen LogP contribution in [-0.2, 0) is 16.4 Å². The van der Waals surface area contributed by atoms with Crippen molar-refractivity contribution in [2.45, 2.75) is 81.8 Å². The number of anilines is 1. The smallest absolute Gasteiger partial charge is 0.238 e. The maximum Gasteiger partial charge on any atom is 0.238 e. The van der Waals surface area contributed by atoms with E-state index in [1.807, 2.05) is 0 Å². The van der Waals surface area contributed by atoms with Crippen LogP contribution in [0.3, 0.4) is 0 Å². The van der Waals surface area contributed by atoms with Crippen molar-refractivity contribution in [1.82, 2.24) is 5.32 Å². The first-order valence-corrected chi connectivity index (χ1v) is 13.5. The van der Waals surface area contributed by atoms with Gasteiger partial charge in [-0.1, -0.05) is 37.8 Å². The molecule has 3 fully saturated rings. The Morgan fingerprint density at radius 3 is 2.59 bits per heavy atom. The molecule has 5 rings (SSSR count). The average molecular weight is 417 g/mol. The summed E-state index contributed by atoms with van der Waals surface area (Å²) in [7, 11) is -3.20. The molecule has 0 radical (unpaired) electrons. The van der Waals surface area contributed by atoms with Gasteiger partial charge in [-0.2, -0.15) is 0 Å². The molecule has 0 amide bonds. The Bertz CT molecular complexity index is 825. The zero-order valence-electron chi connectivity index (χ0n) is 17.6. The molecule has 2 saturated carbocycles. The second kappa shape index (κ2) is 8.22. The van der Waals surface area contributed by atoms with E-state index in [-0.39, 0.29) is 5.25 Å². The molecule has 4 nitrogen and oxygen atoms in total. The Morgan fingerprint density at radius 2 is 1.79 bits per heavy atom. The number of sulfonamides is 1. The van der Waals surface area contributed by atoms with Crippen LogP contribution in [0.1, 0.15) is 81.3 Å². The number of hydrogen-bond donors (Lipinski definition) is 1. The van der Waals surface area contributed by atoms with Crippen molar-refractivity contribution in [1.29, 1.82) is 0 Å². The third kappa shape index (κ3) is 4.10. The second-order valence-corrected chi connectivity index (χ2v) is 12.0. The fourth-order valence-corrected chi connectivity index (χ4v) is 8.11. The highest BCUT2D eigenvalue weighted by Crippen LogP contribution is 2.52. The van der Waals surface area contributed by atoms with Gasteiger partial charge in [-0.15, -0.1) is 0 Å². The van der Waals surface area contributed by atoms with Crippen molar-refractivity contribution in [3.8, 4) is 0 Å². The lowest BCUT2D eigenvalue weighted by molar-refractivity contribution is 0.340. The van der Waals surface area contributed by atoms with Gasteiger partial charge in [0.15, 0.2) is 0 Å². The third-order valence-corrected chi connectivity index (χ3v) is 10.3. The Hall–Kier alpha value is -1.07. The maximum absolute atomic E-state index is 13.2. The number of hydrogen-bond acceptors (Lipinski definition) is 3. The highest BCUT2D eigenvalue weighted by molar-refractivity contribution is 7.93. The minimum absolute atomic E-state index is 0.162. The van der Waals surface area contributed by atoms with Gasteiger partial charge < -0.3 is 5.32 Å². The SMILES string of the molecule is O=S(=O)(C1CCCCC1)N1CCc2cc(C3CC3CCC3CCNCC3)ccc21. The number of rotatable bonds is 6. The monoisotopic (exact) mass is 416 g/mol. The lowest BCUT2D eigenvalue weighted by atomic mass is 9.91. The predicted octanol–water partition coefficient (Wildman–Crippen LogP) is 4.59. The van der Waals surface area contributed by atoms with Gasteiger partial charge in [-0.25, -0.2) is 8.42 Å². The minimum Gasteiger partial charge on any atom is -0.317 e. The van der Waals surface area contributed by atoms with E-state index in [0.29, 0.717) is 12.5 Å². The molecule has 1 N–H and O–H groups in total. The first-order chi connectivity index (χ1) is 14.1. The fraction of sp³-hybridized carbons (Fsp3) is 0.750. The first kappa shape index (κ1) is 19.9. The van der Waals surface area contributed by atoms with Crippen molar-refractivity contribution in [2.75, 3.05) is 23.9 Å². The average Bonchev–Trinajstić information content (AvgIpc) is 3.41. The summed E-state index contributed by atoms with van der Waals surface area (Å²) in [6.45, 7) is 3.04. The van der Waals surface area contributed by atoms with Crippen molar-refractivity contribution < 1.29 is 8.42 Å². The Balaban J connectivity index is 1.22. The summed E-state index contributed by atoms with van der Waals surface area (Å²) in [5.41, 5.74) is 3.67.